The summed E-state index contributed by atoms with van der Waals surface area (Å²) in [6, 6.07) is 21.5. The van der Waals surface area contributed by atoms with Crippen LogP contribution in [0.5, 0.6) is 5.75 Å². The fraction of sp³-hybridized carbons (Fsp3) is 0.393. The molecule has 1 aliphatic rings. The molecule has 1 fully saturated rings. The van der Waals surface area contributed by atoms with Gasteiger partial charge in [0, 0.05) is 24.3 Å². The molecule has 0 unspecified atom stereocenters. The Morgan fingerprint density at radius 2 is 1.67 bits per heavy atom. The maximum absolute atomic E-state index is 13.8. The molecule has 4 rings (SSSR count). The van der Waals surface area contributed by atoms with Crippen molar-refractivity contribution in [2.45, 2.75) is 25.1 Å². The number of alkyl halides is 3. The minimum Gasteiger partial charge on any atom is -0.492 e. The first-order valence-corrected chi connectivity index (χ1v) is 12.6. The van der Waals surface area contributed by atoms with E-state index in [0.29, 0.717) is 23.9 Å². The largest absolute Gasteiger partial charge is 0.492 e. The Hall–Kier alpha value is -2.61. The van der Waals surface area contributed by atoms with E-state index in [4.69, 9.17) is 16.3 Å². The van der Waals surface area contributed by atoms with Crippen LogP contribution in [-0.2, 0) is 0 Å². The third kappa shape index (κ3) is 7.95. The van der Waals surface area contributed by atoms with Gasteiger partial charge in [0.25, 0.3) is 0 Å². The monoisotopic (exact) mass is 517 g/mol. The SMILES string of the molecule is FC(F)(F)CN(CC1CCN(CCOc2ccccc2)CC1)[C@H](c1ccc(Cl)cc1)c1ccccn1. The number of ether oxygens (including phenoxy) is 1. The van der Waals surface area contributed by atoms with Crippen LogP contribution in [0.2, 0.25) is 5.02 Å². The normalized spacial score (nSPS) is 16.2. The average molecular weight is 518 g/mol. The summed E-state index contributed by atoms with van der Waals surface area (Å²) in [5, 5.41) is 0.546. The average Bonchev–Trinajstić information content (AvgIpc) is 2.87. The molecule has 0 saturated carbocycles. The van der Waals surface area contributed by atoms with Crippen molar-refractivity contribution < 1.29 is 17.9 Å². The molecular formula is C28H31ClF3N3O. The molecule has 0 spiro atoms. The molecule has 2 aromatic carbocycles. The summed E-state index contributed by atoms with van der Waals surface area (Å²) in [7, 11) is 0. The Balaban J connectivity index is 1.42. The predicted molar refractivity (Wildman–Crippen MR) is 136 cm³/mol. The second-order valence-corrected chi connectivity index (χ2v) is 9.64. The van der Waals surface area contributed by atoms with Crippen LogP contribution >= 0.6 is 11.6 Å². The Morgan fingerprint density at radius 1 is 0.972 bits per heavy atom. The van der Waals surface area contributed by atoms with Crippen LogP contribution in [0.3, 0.4) is 0 Å². The number of hydrogen-bond donors (Lipinski definition) is 0. The molecule has 192 valence electrons. The van der Waals surface area contributed by atoms with Crippen LogP contribution in [0.1, 0.15) is 30.1 Å². The highest BCUT2D eigenvalue weighted by atomic mass is 35.5. The van der Waals surface area contributed by atoms with Crippen LogP contribution < -0.4 is 4.74 Å². The van der Waals surface area contributed by atoms with Crippen molar-refractivity contribution in [1.82, 2.24) is 14.8 Å². The Kier molecular flexibility index (Phi) is 9.24. The van der Waals surface area contributed by atoms with E-state index in [9.17, 15) is 13.2 Å². The highest BCUT2D eigenvalue weighted by Crippen LogP contribution is 2.33. The zero-order chi connectivity index (χ0) is 25.4. The van der Waals surface area contributed by atoms with E-state index in [0.717, 1.165) is 43.8 Å². The number of para-hydroxylation sites is 1. The molecule has 0 N–H and O–H groups in total. The lowest BCUT2D eigenvalue weighted by Gasteiger charge is -2.38. The van der Waals surface area contributed by atoms with Crippen molar-refractivity contribution in [3.05, 3.63) is 95.3 Å². The van der Waals surface area contributed by atoms with Gasteiger partial charge in [0.1, 0.15) is 12.4 Å². The Morgan fingerprint density at radius 3 is 2.31 bits per heavy atom. The van der Waals surface area contributed by atoms with Gasteiger partial charge >= 0.3 is 6.18 Å². The third-order valence-corrected chi connectivity index (χ3v) is 6.77. The number of hydrogen-bond acceptors (Lipinski definition) is 4. The lowest BCUT2D eigenvalue weighted by molar-refractivity contribution is -0.151. The van der Waals surface area contributed by atoms with Crippen LogP contribution in [0, 0.1) is 5.92 Å². The summed E-state index contributed by atoms with van der Waals surface area (Å²) >= 11 is 6.07. The molecule has 8 heteroatoms. The first kappa shape index (κ1) is 26.5. The van der Waals surface area contributed by atoms with Crippen LogP contribution in [0.15, 0.2) is 79.0 Å². The molecule has 3 aromatic rings. The van der Waals surface area contributed by atoms with E-state index >= 15 is 0 Å². The topological polar surface area (TPSA) is 28.6 Å². The van der Waals surface area contributed by atoms with Gasteiger partial charge in [-0.1, -0.05) is 48.0 Å². The fourth-order valence-corrected chi connectivity index (χ4v) is 4.90. The second-order valence-electron chi connectivity index (χ2n) is 9.20. The fourth-order valence-electron chi connectivity index (χ4n) is 4.78. The number of likely N-dealkylation sites (tertiary alicyclic amines) is 1. The number of halogens is 4. The van der Waals surface area contributed by atoms with Gasteiger partial charge in [0.2, 0.25) is 0 Å². The quantitative estimate of drug-likeness (QED) is 0.308. The van der Waals surface area contributed by atoms with Gasteiger partial charge < -0.3 is 4.74 Å². The number of pyridine rings is 1. The molecule has 0 aliphatic carbocycles. The number of rotatable bonds is 10. The summed E-state index contributed by atoms with van der Waals surface area (Å²) in [6.45, 7) is 2.43. The van der Waals surface area contributed by atoms with E-state index in [2.05, 4.69) is 9.88 Å². The highest BCUT2D eigenvalue weighted by molar-refractivity contribution is 6.30. The number of benzene rings is 2. The van der Waals surface area contributed by atoms with Gasteiger partial charge in [0.05, 0.1) is 18.3 Å². The molecule has 1 saturated heterocycles. The van der Waals surface area contributed by atoms with Crippen molar-refractivity contribution in [2.24, 2.45) is 5.92 Å². The molecule has 0 radical (unpaired) electrons. The van der Waals surface area contributed by atoms with E-state index in [1.165, 1.54) is 4.90 Å². The van der Waals surface area contributed by atoms with Gasteiger partial charge in [-0.2, -0.15) is 13.2 Å². The molecule has 36 heavy (non-hydrogen) atoms. The zero-order valence-corrected chi connectivity index (χ0v) is 20.8. The lowest BCUT2D eigenvalue weighted by Crippen LogP contribution is -2.44. The van der Waals surface area contributed by atoms with Gasteiger partial charge in [-0.25, -0.2) is 0 Å². The summed E-state index contributed by atoms with van der Waals surface area (Å²) in [5.74, 6) is 1.01. The molecule has 1 aromatic heterocycles. The van der Waals surface area contributed by atoms with Crippen molar-refractivity contribution >= 4 is 11.6 Å². The maximum Gasteiger partial charge on any atom is 0.401 e. The molecule has 0 amide bonds. The molecule has 0 bridgehead atoms. The third-order valence-electron chi connectivity index (χ3n) is 6.52. The summed E-state index contributed by atoms with van der Waals surface area (Å²) in [4.78, 5) is 8.28. The number of piperidine rings is 1. The highest BCUT2D eigenvalue weighted by Gasteiger charge is 2.37. The molecule has 4 nitrogen and oxygen atoms in total. The second kappa shape index (κ2) is 12.6. The standard InChI is InChI=1S/C28H31ClF3N3O/c29-24-11-9-23(10-12-24)27(26-8-4-5-15-33-26)35(21-28(30,31)32)20-22-13-16-34(17-14-22)18-19-36-25-6-2-1-3-7-25/h1-12,15,22,27H,13-14,16-21H2/t27-/m1/s1. The van der Waals surface area contributed by atoms with E-state index in [-0.39, 0.29) is 5.92 Å². The smallest absolute Gasteiger partial charge is 0.401 e. The van der Waals surface area contributed by atoms with Crippen molar-refractivity contribution in [1.29, 1.82) is 0 Å². The van der Waals surface area contributed by atoms with Crippen molar-refractivity contribution in [2.75, 3.05) is 39.3 Å². The van der Waals surface area contributed by atoms with E-state index in [1.807, 2.05) is 36.4 Å². The summed E-state index contributed by atoms with van der Waals surface area (Å²) < 4.78 is 47.1. The minimum atomic E-state index is -4.32. The van der Waals surface area contributed by atoms with Crippen LogP contribution in [0.25, 0.3) is 0 Å². The summed E-state index contributed by atoms with van der Waals surface area (Å²) in [6.07, 6.45) is -1.01. The Labute approximate surface area is 215 Å². The first-order chi connectivity index (χ1) is 17.4. The van der Waals surface area contributed by atoms with Crippen LogP contribution in [-0.4, -0.2) is 60.3 Å². The molecule has 2 heterocycles. The Bertz CT molecular complexity index is 1040. The van der Waals surface area contributed by atoms with Crippen LogP contribution in [0.4, 0.5) is 13.2 Å². The minimum absolute atomic E-state index is 0.164. The van der Waals surface area contributed by atoms with Gasteiger partial charge in [0.15, 0.2) is 0 Å². The number of nitrogens with zero attached hydrogens (tertiary/aromatic N) is 3. The van der Waals surface area contributed by atoms with Crippen molar-refractivity contribution in [3.63, 3.8) is 0 Å². The van der Waals surface area contributed by atoms with Gasteiger partial charge in [-0.15, -0.1) is 0 Å². The number of aromatic nitrogens is 1. The molecule has 1 atom stereocenters. The van der Waals surface area contributed by atoms with E-state index in [1.54, 1.807) is 42.6 Å². The molecular weight excluding hydrogens is 487 g/mol. The van der Waals surface area contributed by atoms with Gasteiger partial charge in [-0.3, -0.25) is 14.8 Å². The zero-order valence-electron chi connectivity index (χ0n) is 20.1. The lowest BCUT2D eigenvalue weighted by atomic mass is 9.93. The maximum atomic E-state index is 13.8. The first-order valence-electron chi connectivity index (χ1n) is 12.2. The summed E-state index contributed by atoms with van der Waals surface area (Å²) in [5.41, 5.74) is 1.34. The van der Waals surface area contributed by atoms with Crippen molar-refractivity contribution in [3.8, 4) is 5.75 Å². The van der Waals surface area contributed by atoms with E-state index < -0.39 is 18.8 Å². The predicted octanol–water partition coefficient (Wildman–Crippen LogP) is 6.48. The van der Waals surface area contributed by atoms with Gasteiger partial charge in [-0.05, 0) is 73.8 Å². The molecule has 1 aliphatic heterocycles.